The van der Waals surface area contributed by atoms with Crippen LogP contribution >= 0.6 is 0 Å². The van der Waals surface area contributed by atoms with E-state index in [4.69, 9.17) is 0 Å². The molecule has 1 heterocycles. The van der Waals surface area contributed by atoms with Crippen molar-refractivity contribution in [1.29, 1.82) is 0 Å². The quantitative estimate of drug-likeness (QED) is 0.852. The normalized spacial score (nSPS) is 15.3. The van der Waals surface area contributed by atoms with Gasteiger partial charge in [0.1, 0.15) is 0 Å². The summed E-state index contributed by atoms with van der Waals surface area (Å²) >= 11 is 0. The van der Waals surface area contributed by atoms with Crippen LogP contribution in [-0.4, -0.2) is 29.1 Å². The summed E-state index contributed by atoms with van der Waals surface area (Å²) in [5, 5.41) is 8.90. The Bertz CT molecular complexity index is 828. The van der Waals surface area contributed by atoms with E-state index in [1.807, 2.05) is 68.4 Å². The Labute approximate surface area is 160 Å². The summed E-state index contributed by atoms with van der Waals surface area (Å²) < 4.78 is 0. The van der Waals surface area contributed by atoms with Crippen molar-refractivity contribution in [3.05, 3.63) is 71.3 Å². The van der Waals surface area contributed by atoms with E-state index in [9.17, 15) is 9.59 Å². The standard InChI is InChI=1S/C22H25N3O2/c1-16-8-10-19(11-9-16)20-12-13-22(27)25(24-20)15-14-21(26)23-17(2)18-6-4-3-5-7-18/h3-11,17H,12-15H2,1-2H3,(H,23,26). The molecular weight excluding hydrogens is 338 g/mol. The SMILES string of the molecule is Cc1ccc(C2=NN(CCC(=O)NC(C)c3ccccc3)C(=O)CC2)cc1. The van der Waals surface area contributed by atoms with Gasteiger partial charge in [-0.25, -0.2) is 5.01 Å². The third-order valence-corrected chi connectivity index (χ3v) is 4.72. The fourth-order valence-corrected chi connectivity index (χ4v) is 3.07. The Hall–Kier alpha value is -2.95. The van der Waals surface area contributed by atoms with Crippen molar-refractivity contribution in [3.8, 4) is 0 Å². The van der Waals surface area contributed by atoms with Crippen LogP contribution in [0.5, 0.6) is 0 Å². The van der Waals surface area contributed by atoms with E-state index in [0.717, 1.165) is 16.8 Å². The Balaban J connectivity index is 1.58. The lowest BCUT2D eigenvalue weighted by Crippen LogP contribution is -2.36. The average molecular weight is 363 g/mol. The maximum absolute atomic E-state index is 12.3. The molecule has 27 heavy (non-hydrogen) atoms. The average Bonchev–Trinajstić information content (AvgIpc) is 2.68. The number of benzene rings is 2. The number of nitrogens with zero attached hydrogens (tertiary/aromatic N) is 2. The molecule has 1 N–H and O–H groups in total. The van der Waals surface area contributed by atoms with Crippen molar-refractivity contribution in [2.75, 3.05) is 6.54 Å². The lowest BCUT2D eigenvalue weighted by atomic mass is 10.0. The summed E-state index contributed by atoms with van der Waals surface area (Å²) in [5.41, 5.74) is 4.17. The van der Waals surface area contributed by atoms with Gasteiger partial charge in [0.05, 0.1) is 18.3 Å². The van der Waals surface area contributed by atoms with Gasteiger partial charge >= 0.3 is 0 Å². The van der Waals surface area contributed by atoms with Gasteiger partial charge in [-0.05, 0) is 25.0 Å². The van der Waals surface area contributed by atoms with Gasteiger partial charge in [-0.15, -0.1) is 0 Å². The van der Waals surface area contributed by atoms with Crippen LogP contribution in [0, 0.1) is 6.92 Å². The molecule has 3 rings (SSSR count). The van der Waals surface area contributed by atoms with Gasteiger partial charge in [-0.2, -0.15) is 5.10 Å². The maximum Gasteiger partial charge on any atom is 0.243 e. The predicted molar refractivity (Wildman–Crippen MR) is 106 cm³/mol. The summed E-state index contributed by atoms with van der Waals surface area (Å²) in [6.45, 7) is 4.28. The van der Waals surface area contributed by atoms with Crippen molar-refractivity contribution in [2.45, 2.75) is 39.2 Å². The first-order chi connectivity index (χ1) is 13.0. The molecule has 1 aliphatic rings. The number of nitrogens with one attached hydrogen (secondary N) is 1. The van der Waals surface area contributed by atoms with Gasteiger partial charge < -0.3 is 5.32 Å². The van der Waals surface area contributed by atoms with Crippen LogP contribution in [0.3, 0.4) is 0 Å². The Morgan fingerprint density at radius 1 is 1.11 bits per heavy atom. The molecule has 0 bridgehead atoms. The monoisotopic (exact) mass is 363 g/mol. The van der Waals surface area contributed by atoms with E-state index in [1.165, 1.54) is 10.6 Å². The van der Waals surface area contributed by atoms with Gasteiger partial charge in [0.2, 0.25) is 11.8 Å². The van der Waals surface area contributed by atoms with E-state index in [0.29, 0.717) is 19.4 Å². The zero-order valence-corrected chi connectivity index (χ0v) is 15.8. The van der Waals surface area contributed by atoms with E-state index in [2.05, 4.69) is 10.4 Å². The highest BCUT2D eigenvalue weighted by Gasteiger charge is 2.22. The van der Waals surface area contributed by atoms with Crippen molar-refractivity contribution in [3.63, 3.8) is 0 Å². The first-order valence-corrected chi connectivity index (χ1v) is 9.32. The lowest BCUT2D eigenvalue weighted by Gasteiger charge is -2.24. The predicted octanol–water partition coefficient (Wildman–Crippen LogP) is 3.59. The summed E-state index contributed by atoms with van der Waals surface area (Å²) in [7, 11) is 0. The van der Waals surface area contributed by atoms with Gasteiger partial charge in [0.25, 0.3) is 0 Å². The van der Waals surface area contributed by atoms with Gasteiger partial charge in [-0.1, -0.05) is 60.2 Å². The van der Waals surface area contributed by atoms with Crippen LogP contribution < -0.4 is 5.32 Å². The third-order valence-electron chi connectivity index (χ3n) is 4.72. The highest BCUT2D eigenvalue weighted by atomic mass is 16.2. The van der Waals surface area contributed by atoms with E-state index < -0.39 is 0 Å². The zero-order valence-electron chi connectivity index (χ0n) is 15.8. The molecule has 0 saturated carbocycles. The minimum Gasteiger partial charge on any atom is -0.350 e. The molecule has 2 amide bonds. The van der Waals surface area contributed by atoms with Crippen LogP contribution in [0.15, 0.2) is 59.7 Å². The van der Waals surface area contributed by atoms with Crippen molar-refractivity contribution < 1.29 is 9.59 Å². The molecule has 1 aliphatic heterocycles. The molecule has 1 unspecified atom stereocenters. The topological polar surface area (TPSA) is 61.8 Å². The molecule has 0 saturated heterocycles. The maximum atomic E-state index is 12.3. The van der Waals surface area contributed by atoms with Gasteiger partial charge in [-0.3, -0.25) is 9.59 Å². The largest absolute Gasteiger partial charge is 0.350 e. The van der Waals surface area contributed by atoms with Crippen molar-refractivity contribution in [1.82, 2.24) is 10.3 Å². The molecule has 5 nitrogen and oxygen atoms in total. The molecule has 0 fully saturated rings. The number of hydrogen-bond donors (Lipinski definition) is 1. The minimum absolute atomic E-state index is 0.0326. The van der Waals surface area contributed by atoms with Crippen LogP contribution in [0.25, 0.3) is 0 Å². The number of carbonyl (C=O) groups is 2. The Morgan fingerprint density at radius 3 is 2.52 bits per heavy atom. The van der Waals surface area contributed by atoms with E-state index in [-0.39, 0.29) is 24.3 Å². The molecule has 2 aromatic rings. The lowest BCUT2D eigenvalue weighted by molar-refractivity contribution is -0.132. The first kappa shape index (κ1) is 18.8. The molecule has 0 aromatic heterocycles. The van der Waals surface area contributed by atoms with Crippen molar-refractivity contribution in [2.24, 2.45) is 5.10 Å². The second kappa shape index (κ2) is 8.62. The first-order valence-electron chi connectivity index (χ1n) is 9.32. The third kappa shape index (κ3) is 5.03. The van der Waals surface area contributed by atoms with Gasteiger partial charge in [0.15, 0.2) is 0 Å². The van der Waals surface area contributed by atoms with Crippen LogP contribution in [-0.2, 0) is 9.59 Å². The van der Waals surface area contributed by atoms with Crippen molar-refractivity contribution >= 4 is 17.5 Å². The Kier molecular flexibility index (Phi) is 6.01. The summed E-state index contributed by atoms with van der Waals surface area (Å²) in [4.78, 5) is 24.4. The molecule has 0 spiro atoms. The molecular formula is C22H25N3O2. The number of rotatable bonds is 6. The summed E-state index contributed by atoms with van der Waals surface area (Å²) in [6.07, 6.45) is 1.29. The number of hydrogen-bond acceptors (Lipinski definition) is 3. The number of amides is 2. The second-order valence-electron chi connectivity index (χ2n) is 6.88. The minimum atomic E-state index is -0.0863. The molecule has 5 heteroatoms. The fraction of sp³-hybridized carbons (Fsp3) is 0.318. The van der Waals surface area contributed by atoms with E-state index >= 15 is 0 Å². The molecule has 140 valence electrons. The smallest absolute Gasteiger partial charge is 0.243 e. The van der Waals surface area contributed by atoms with E-state index in [1.54, 1.807) is 0 Å². The highest BCUT2D eigenvalue weighted by molar-refractivity contribution is 6.04. The second-order valence-corrected chi connectivity index (χ2v) is 6.88. The molecule has 0 radical (unpaired) electrons. The highest BCUT2D eigenvalue weighted by Crippen LogP contribution is 2.16. The van der Waals surface area contributed by atoms with Crippen LogP contribution in [0.1, 0.15) is 48.9 Å². The molecule has 0 aliphatic carbocycles. The zero-order chi connectivity index (χ0) is 19.2. The molecule has 1 atom stereocenters. The fourth-order valence-electron chi connectivity index (χ4n) is 3.07. The van der Waals surface area contributed by atoms with Crippen LogP contribution in [0.2, 0.25) is 0 Å². The Morgan fingerprint density at radius 2 is 1.81 bits per heavy atom. The molecule has 2 aromatic carbocycles. The number of carbonyl (C=O) groups excluding carboxylic acids is 2. The van der Waals surface area contributed by atoms with Gasteiger partial charge in [0, 0.05) is 19.3 Å². The van der Waals surface area contributed by atoms with Crippen LogP contribution in [0.4, 0.5) is 0 Å². The number of aryl methyl sites for hydroxylation is 1. The summed E-state index contributed by atoms with van der Waals surface area (Å²) in [6, 6.07) is 17.9. The number of hydrazone groups is 1. The summed E-state index contributed by atoms with van der Waals surface area (Å²) in [5.74, 6) is -0.119.